The van der Waals surface area contributed by atoms with Crippen molar-refractivity contribution < 1.29 is 19.6 Å². The van der Waals surface area contributed by atoms with Crippen LogP contribution in [0.2, 0.25) is 0 Å². The molecule has 0 unspecified atom stereocenters. The van der Waals surface area contributed by atoms with Gasteiger partial charge in [-0.25, -0.2) is 9.63 Å². The molecule has 0 atom stereocenters. The molecule has 0 aromatic rings. The molecule has 0 amide bonds. The van der Waals surface area contributed by atoms with Gasteiger partial charge in [0, 0.05) is 12.4 Å². The highest BCUT2D eigenvalue weighted by atomic mass is 31.2. The van der Waals surface area contributed by atoms with Crippen LogP contribution < -0.4 is 0 Å². The lowest BCUT2D eigenvalue weighted by Crippen LogP contribution is -2.19. The largest absolute Gasteiger partial charge is 0.431 e. The molecule has 0 spiro atoms. The summed E-state index contributed by atoms with van der Waals surface area (Å²) in [5.41, 5.74) is 0. The summed E-state index contributed by atoms with van der Waals surface area (Å²) >= 11 is 0. The van der Waals surface area contributed by atoms with Crippen LogP contribution in [0, 0.1) is 0 Å². The van der Waals surface area contributed by atoms with E-state index >= 15 is 0 Å². The quantitative estimate of drug-likeness (QED) is 0.456. The summed E-state index contributed by atoms with van der Waals surface area (Å²) in [6.07, 6.45) is 2.29. The minimum atomic E-state index is -4.21. The van der Waals surface area contributed by atoms with Crippen molar-refractivity contribution in [2.45, 2.75) is 0 Å². The van der Waals surface area contributed by atoms with Crippen molar-refractivity contribution in [1.29, 1.82) is 0 Å². The molecule has 0 saturated heterocycles. The van der Waals surface area contributed by atoms with Gasteiger partial charge in [0.15, 0.2) is 0 Å². The molecule has 0 aromatic heterocycles. The molecular weight excluding hydrogens is 159 g/mol. The van der Waals surface area contributed by atoms with E-state index < -0.39 is 7.75 Å². The summed E-state index contributed by atoms with van der Waals surface area (Å²) < 4.78 is 11.1. The lowest BCUT2D eigenvalue weighted by Gasteiger charge is -2.17. The number of nitrogens with zero attached hydrogens (tertiary/aromatic N) is 2. The predicted octanol–water partition coefficient (Wildman–Crippen LogP) is -0.485. The molecule has 0 saturated carbocycles. The highest BCUT2D eigenvalue weighted by molar-refractivity contribution is 7.49. The van der Waals surface area contributed by atoms with Crippen LogP contribution in [0.5, 0.6) is 0 Å². The fourth-order valence-electron chi connectivity index (χ4n) is 0.566. The van der Waals surface area contributed by atoms with Gasteiger partial charge in [0.05, 0.1) is 0 Å². The summed E-state index contributed by atoms with van der Waals surface area (Å²) in [5, 5.41) is 9.30. The maximum Gasteiger partial charge on any atom is 0.431 e. The normalized spacial score (nSPS) is 18.7. The predicted molar refractivity (Wildman–Crippen MR) is 31.5 cm³/mol. The first-order valence-corrected chi connectivity index (χ1v) is 4.03. The zero-order valence-electron chi connectivity index (χ0n) is 4.95. The maximum absolute atomic E-state index is 10.4. The zero-order valence-corrected chi connectivity index (χ0v) is 5.85. The van der Waals surface area contributed by atoms with Gasteiger partial charge < -0.3 is 9.79 Å². The highest BCUT2D eigenvalue weighted by Gasteiger charge is 2.26. The summed E-state index contributed by atoms with van der Waals surface area (Å²) in [7, 11) is -4.21. The first-order chi connectivity index (χ1) is 4.50. The van der Waals surface area contributed by atoms with Crippen molar-refractivity contribution in [3.05, 3.63) is 12.4 Å². The molecule has 10 heavy (non-hydrogen) atoms. The van der Waals surface area contributed by atoms with Crippen molar-refractivity contribution in [3.63, 3.8) is 0 Å². The average molecular weight is 166 g/mol. The molecular formula is C3H7N2O4P. The van der Waals surface area contributed by atoms with Crippen LogP contribution in [0.1, 0.15) is 0 Å². The minimum Gasteiger partial charge on any atom is -0.308 e. The Morgan fingerprint density at radius 1 is 1.40 bits per heavy atom. The van der Waals surface area contributed by atoms with E-state index in [1.165, 1.54) is 6.20 Å². The Morgan fingerprint density at radius 3 is 2.20 bits per heavy atom. The lowest BCUT2D eigenvalue weighted by atomic mass is 11.0. The summed E-state index contributed by atoms with van der Waals surface area (Å²) in [4.78, 5) is 17.0. The summed E-state index contributed by atoms with van der Waals surface area (Å²) in [6.45, 7) is -0.190. The standard InChI is InChI=1S/C3H7N2O4P/c6-4-1-2-5(3-4)10(7,8)9/h1-2,6H,3H2,(H2,7,8,9). The summed E-state index contributed by atoms with van der Waals surface area (Å²) in [6, 6.07) is 0. The van der Waals surface area contributed by atoms with Gasteiger partial charge in [0.25, 0.3) is 0 Å². The fourth-order valence-corrected chi connectivity index (χ4v) is 1.09. The van der Waals surface area contributed by atoms with Gasteiger partial charge in [0.1, 0.15) is 6.67 Å². The van der Waals surface area contributed by atoms with Crippen LogP contribution in [-0.2, 0) is 4.57 Å². The van der Waals surface area contributed by atoms with E-state index in [0.717, 1.165) is 10.9 Å². The van der Waals surface area contributed by atoms with Gasteiger partial charge in [0.2, 0.25) is 0 Å². The van der Waals surface area contributed by atoms with Crippen molar-refractivity contribution in [1.82, 2.24) is 9.73 Å². The molecule has 1 rings (SSSR count). The lowest BCUT2D eigenvalue weighted by molar-refractivity contribution is -0.0474. The van der Waals surface area contributed by atoms with E-state index in [0.29, 0.717) is 5.06 Å². The number of hydrogen-bond acceptors (Lipinski definition) is 3. The average Bonchev–Trinajstić information content (AvgIpc) is 2.11. The Balaban J connectivity index is 2.64. The third-order valence-electron chi connectivity index (χ3n) is 1.04. The second-order valence-electron chi connectivity index (χ2n) is 1.83. The molecule has 0 aliphatic carbocycles. The van der Waals surface area contributed by atoms with Crippen molar-refractivity contribution in [2.24, 2.45) is 0 Å². The molecule has 1 heterocycles. The molecule has 0 fully saturated rings. The number of hydrogen-bond donors (Lipinski definition) is 3. The smallest absolute Gasteiger partial charge is 0.308 e. The molecule has 6 nitrogen and oxygen atoms in total. The molecule has 1 aliphatic rings. The summed E-state index contributed by atoms with van der Waals surface area (Å²) in [5.74, 6) is 0. The van der Waals surface area contributed by atoms with Gasteiger partial charge in [-0.1, -0.05) is 0 Å². The van der Waals surface area contributed by atoms with Crippen molar-refractivity contribution in [3.8, 4) is 0 Å². The van der Waals surface area contributed by atoms with E-state index in [1.807, 2.05) is 0 Å². The first kappa shape index (κ1) is 7.56. The number of hydroxylamine groups is 2. The Hall–Kier alpha value is -0.550. The van der Waals surface area contributed by atoms with Crippen molar-refractivity contribution in [2.75, 3.05) is 6.67 Å². The van der Waals surface area contributed by atoms with Gasteiger partial charge in [-0.2, -0.15) is 0 Å². The van der Waals surface area contributed by atoms with Crippen LogP contribution in [0.15, 0.2) is 12.4 Å². The molecule has 3 N–H and O–H groups in total. The van der Waals surface area contributed by atoms with Crippen LogP contribution >= 0.6 is 7.75 Å². The third kappa shape index (κ3) is 1.48. The fraction of sp³-hybridized carbons (Fsp3) is 0.333. The maximum atomic E-state index is 10.4. The third-order valence-corrected chi connectivity index (χ3v) is 1.96. The van der Waals surface area contributed by atoms with Crippen LogP contribution in [0.3, 0.4) is 0 Å². The van der Waals surface area contributed by atoms with Gasteiger partial charge >= 0.3 is 7.75 Å². The second-order valence-corrected chi connectivity index (χ2v) is 3.37. The van der Waals surface area contributed by atoms with Crippen LogP contribution in [0.25, 0.3) is 0 Å². The highest BCUT2D eigenvalue weighted by Crippen LogP contribution is 2.41. The van der Waals surface area contributed by atoms with E-state index in [1.54, 1.807) is 0 Å². The second kappa shape index (κ2) is 2.25. The van der Waals surface area contributed by atoms with Crippen LogP contribution in [0.4, 0.5) is 0 Å². The van der Waals surface area contributed by atoms with Gasteiger partial charge in [-0.3, -0.25) is 9.88 Å². The molecule has 0 aromatic carbocycles. The Labute approximate surface area is 57.1 Å². The molecule has 7 heteroatoms. The van der Waals surface area contributed by atoms with E-state index in [2.05, 4.69) is 0 Å². The molecule has 58 valence electrons. The van der Waals surface area contributed by atoms with E-state index in [4.69, 9.17) is 15.0 Å². The Bertz CT molecular complexity index is 199. The topological polar surface area (TPSA) is 84.2 Å². The zero-order chi connectivity index (χ0) is 7.78. The van der Waals surface area contributed by atoms with E-state index in [9.17, 15) is 4.57 Å². The monoisotopic (exact) mass is 166 g/mol. The van der Waals surface area contributed by atoms with Gasteiger partial charge in [-0.15, -0.1) is 0 Å². The molecule has 0 bridgehead atoms. The Morgan fingerprint density at radius 2 is 2.00 bits per heavy atom. The van der Waals surface area contributed by atoms with E-state index in [-0.39, 0.29) is 6.67 Å². The van der Waals surface area contributed by atoms with Crippen LogP contribution in [-0.4, -0.2) is 31.4 Å². The molecule has 1 aliphatic heterocycles. The Kier molecular flexibility index (Phi) is 1.70. The minimum absolute atomic E-state index is 0.190. The number of rotatable bonds is 1. The van der Waals surface area contributed by atoms with Crippen molar-refractivity contribution >= 4 is 7.75 Å². The molecule has 0 radical (unpaired) electrons. The SMILES string of the molecule is O=P(O)(O)N1C=CN(O)C1. The first-order valence-electron chi connectivity index (χ1n) is 2.46. The van der Waals surface area contributed by atoms with Gasteiger partial charge in [-0.05, 0) is 0 Å².